The Hall–Kier alpha value is -0.674. The summed E-state index contributed by atoms with van der Waals surface area (Å²) in [6.07, 6.45) is 0.833. The fraction of sp³-hybridized carbons (Fsp3) is 0.222. The van der Waals surface area contributed by atoms with Gasteiger partial charge < -0.3 is 0 Å². The van der Waals surface area contributed by atoms with Crippen LogP contribution in [0, 0.1) is 0 Å². The topological polar surface area (TPSA) is 26.3 Å². The van der Waals surface area contributed by atoms with Gasteiger partial charge in [0.25, 0.3) is 0 Å². The second-order valence-electron chi connectivity index (χ2n) is 2.82. The second kappa shape index (κ2) is 4.38. The van der Waals surface area contributed by atoms with Crippen LogP contribution in [-0.4, -0.2) is 22.9 Å². The molecule has 12 heavy (non-hydrogen) atoms. The summed E-state index contributed by atoms with van der Waals surface area (Å²) in [4.78, 5) is 10.5. The Kier molecular flexibility index (Phi) is 3.43. The molecule has 0 N–H and O–H groups in total. The van der Waals surface area contributed by atoms with Crippen LogP contribution in [-0.2, 0) is 0 Å². The van der Waals surface area contributed by atoms with E-state index >= 15 is 0 Å². The fourth-order valence-electron chi connectivity index (χ4n) is 0.939. The molecule has 0 radical (unpaired) electrons. The molecule has 2 nitrogen and oxygen atoms in total. The third kappa shape index (κ3) is 2.43. The molecule has 1 aromatic rings. The summed E-state index contributed by atoms with van der Waals surface area (Å²) in [6.45, 7) is 0. The Morgan fingerprint density at radius 1 is 1.33 bits per heavy atom. The monoisotopic (exact) mass is 220 g/mol. The molecule has 0 spiro atoms. The predicted octanol–water partition coefficient (Wildman–Crippen LogP) is 2.13. The van der Waals surface area contributed by atoms with Crippen molar-refractivity contribution in [2.75, 3.05) is 0 Å². The third-order valence-corrected chi connectivity index (χ3v) is 2.93. The van der Waals surface area contributed by atoms with Crippen LogP contribution in [0.25, 0.3) is 0 Å². The summed E-state index contributed by atoms with van der Waals surface area (Å²) >= 11 is -1.52. The van der Waals surface area contributed by atoms with Gasteiger partial charge in [-0.05, 0) is 0 Å². The molecular weight excluding hydrogens is 210 g/mol. The van der Waals surface area contributed by atoms with E-state index < -0.39 is 16.6 Å². The Morgan fingerprint density at radius 2 is 2.00 bits per heavy atom. The van der Waals surface area contributed by atoms with Crippen LogP contribution in [0.2, 0.25) is 11.0 Å². The number of carbonyl (C=O) groups is 1. The Labute approximate surface area is 78.0 Å². The van der Waals surface area contributed by atoms with E-state index in [9.17, 15) is 4.79 Å². The number of aldehydes is 1. The van der Waals surface area contributed by atoms with Gasteiger partial charge in [0, 0.05) is 0 Å². The van der Waals surface area contributed by atoms with Crippen LogP contribution in [0.1, 0.15) is 10.4 Å². The normalized spacial score (nSPS) is 9.17. The van der Waals surface area contributed by atoms with E-state index in [1.54, 1.807) is 6.07 Å². The number of para-hydroxylation sites is 1. The number of rotatable bonds is 3. The maximum absolute atomic E-state index is 10.5. The van der Waals surface area contributed by atoms with Gasteiger partial charge in [-0.1, -0.05) is 0 Å². The molecule has 0 saturated carbocycles. The number of hydrogen-bond acceptors (Lipinski definition) is 2. The van der Waals surface area contributed by atoms with E-state index in [0.29, 0.717) is 5.56 Å². The van der Waals surface area contributed by atoms with Crippen LogP contribution in [0.3, 0.4) is 0 Å². The molecule has 0 aliphatic heterocycles. The van der Waals surface area contributed by atoms with Crippen LogP contribution in [0.4, 0.5) is 0 Å². The second-order valence-corrected chi connectivity index (χ2v) is 7.72. The molecule has 3 heteroatoms. The molecule has 0 amide bonds. The van der Waals surface area contributed by atoms with Crippen molar-refractivity contribution in [2.45, 2.75) is 11.0 Å². The Bertz CT molecular complexity index is 271. The number of carbonyl (C=O) groups excluding carboxylic acids is 1. The summed E-state index contributed by atoms with van der Waals surface area (Å²) in [6, 6.07) is 7.33. The van der Waals surface area contributed by atoms with Gasteiger partial charge in [0.15, 0.2) is 0 Å². The summed E-state index contributed by atoms with van der Waals surface area (Å²) in [5, 5.41) is 0. The molecule has 0 saturated heterocycles. The molecule has 0 fully saturated rings. The van der Waals surface area contributed by atoms with Gasteiger partial charge in [-0.25, -0.2) is 0 Å². The van der Waals surface area contributed by atoms with E-state index in [0.717, 1.165) is 12.0 Å². The first kappa shape index (κ1) is 9.41. The van der Waals surface area contributed by atoms with Gasteiger partial charge in [-0.2, -0.15) is 0 Å². The van der Waals surface area contributed by atoms with Crippen molar-refractivity contribution >= 4 is 22.9 Å². The summed E-state index contributed by atoms with van der Waals surface area (Å²) in [7, 11) is 0. The molecule has 0 unspecified atom stereocenters. The van der Waals surface area contributed by atoms with Gasteiger partial charge in [-0.3, -0.25) is 0 Å². The van der Waals surface area contributed by atoms with Gasteiger partial charge in [0.2, 0.25) is 0 Å². The van der Waals surface area contributed by atoms with Crippen molar-refractivity contribution in [3.63, 3.8) is 0 Å². The van der Waals surface area contributed by atoms with Crippen molar-refractivity contribution in [1.29, 1.82) is 0 Å². The third-order valence-electron chi connectivity index (χ3n) is 1.41. The Balaban J connectivity index is 2.89. The molecule has 0 aliphatic carbocycles. The van der Waals surface area contributed by atoms with E-state index in [4.69, 9.17) is 3.53 Å². The summed E-state index contributed by atoms with van der Waals surface area (Å²) < 4.78 is 5.59. The van der Waals surface area contributed by atoms with Crippen molar-refractivity contribution in [3.8, 4) is 5.75 Å². The van der Waals surface area contributed by atoms with E-state index in [-0.39, 0.29) is 0 Å². The molecule has 62 valence electrons. The molecular formula is C9H11GaO2. The molecule has 1 aromatic carbocycles. The molecule has 0 bridgehead atoms. The minimum atomic E-state index is -1.52. The first-order valence-electron chi connectivity index (χ1n) is 3.95. The standard InChI is InChI=1S/C7H6O2.2CH3.Ga/c8-5-6-3-1-2-4-7(6)9;;;/h1-5,9H;2*1H3;/q;;;+1/p-1. The molecule has 0 aromatic heterocycles. The van der Waals surface area contributed by atoms with Crippen molar-refractivity contribution in [1.82, 2.24) is 0 Å². The van der Waals surface area contributed by atoms with Crippen molar-refractivity contribution in [2.24, 2.45) is 0 Å². The van der Waals surface area contributed by atoms with E-state index in [1.165, 1.54) is 0 Å². The van der Waals surface area contributed by atoms with Gasteiger partial charge in [0.1, 0.15) is 0 Å². The number of hydrogen-bond donors (Lipinski definition) is 0. The minimum absolute atomic E-state index is 0.650. The van der Waals surface area contributed by atoms with Gasteiger partial charge >= 0.3 is 77.7 Å². The first-order chi connectivity index (χ1) is 5.74. The van der Waals surface area contributed by atoms with Gasteiger partial charge in [-0.15, -0.1) is 0 Å². The SMILES string of the molecule is [CH3][Ga]([CH3])[O]c1ccccc1C=O. The molecule has 0 heterocycles. The van der Waals surface area contributed by atoms with Crippen molar-refractivity contribution in [3.05, 3.63) is 29.8 Å². The van der Waals surface area contributed by atoms with Crippen molar-refractivity contribution < 1.29 is 8.32 Å². The van der Waals surface area contributed by atoms with Crippen LogP contribution >= 0.6 is 0 Å². The Morgan fingerprint density at radius 3 is 2.58 bits per heavy atom. The maximum atomic E-state index is 10.5. The summed E-state index contributed by atoms with van der Waals surface area (Å²) in [5.41, 5.74) is 4.89. The van der Waals surface area contributed by atoms with Gasteiger partial charge in [0.05, 0.1) is 0 Å². The van der Waals surface area contributed by atoms with E-state index in [2.05, 4.69) is 11.0 Å². The average Bonchev–Trinajstić information content (AvgIpc) is 2.04. The van der Waals surface area contributed by atoms with Crippen LogP contribution in [0.5, 0.6) is 5.75 Å². The quantitative estimate of drug-likeness (QED) is 0.577. The average molecular weight is 221 g/mol. The zero-order valence-electron chi connectivity index (χ0n) is 7.28. The zero-order chi connectivity index (χ0) is 8.97. The van der Waals surface area contributed by atoms with Crippen LogP contribution < -0.4 is 3.53 Å². The first-order valence-corrected chi connectivity index (χ1v) is 9.78. The summed E-state index contributed by atoms with van der Waals surface area (Å²) in [5.74, 6) is 0.738. The van der Waals surface area contributed by atoms with E-state index in [1.807, 2.05) is 18.2 Å². The van der Waals surface area contributed by atoms with Crippen LogP contribution in [0.15, 0.2) is 24.3 Å². The fourth-order valence-corrected chi connectivity index (χ4v) is 2.46. The molecule has 0 atom stereocenters. The molecule has 1 rings (SSSR count). The number of benzene rings is 1. The zero-order valence-corrected chi connectivity index (χ0v) is 9.70. The molecule has 0 aliphatic rings. The predicted molar refractivity (Wildman–Crippen MR) is 49.9 cm³/mol.